The Kier molecular flexibility index (Phi) is 5.40. The molecule has 1 atom stereocenters. The van der Waals surface area contributed by atoms with Crippen LogP contribution in [0.5, 0.6) is 0 Å². The number of benzene rings is 1. The average molecular weight is 354 g/mol. The van der Waals surface area contributed by atoms with Crippen molar-refractivity contribution in [1.82, 2.24) is 30.0 Å². The number of nitrogens with one attached hydrogen (secondary N) is 2. The largest absolute Gasteiger partial charge is 0.346 e. The number of aryl methyl sites for hydroxylation is 2. The van der Waals surface area contributed by atoms with Crippen LogP contribution < -0.4 is 10.9 Å². The quantitative estimate of drug-likeness (QED) is 0.672. The van der Waals surface area contributed by atoms with Crippen molar-refractivity contribution in [3.63, 3.8) is 0 Å². The molecule has 8 heteroatoms. The molecule has 0 fully saturated rings. The monoisotopic (exact) mass is 354 g/mol. The molecule has 2 aromatic heterocycles. The van der Waals surface area contributed by atoms with E-state index in [1.165, 1.54) is 6.33 Å². The third kappa shape index (κ3) is 3.96. The van der Waals surface area contributed by atoms with E-state index in [-0.39, 0.29) is 30.3 Å². The van der Waals surface area contributed by atoms with Gasteiger partial charge in [-0.3, -0.25) is 9.59 Å². The number of rotatable bonds is 7. The van der Waals surface area contributed by atoms with Crippen LogP contribution in [0.3, 0.4) is 0 Å². The molecule has 8 nitrogen and oxygen atoms in total. The SMILES string of the molecule is CCCn1ncnc1[C@H](C)NC(=O)CCc1nc2ccccc2[nH]c1=O. The maximum absolute atomic E-state index is 12.3. The number of nitrogens with zero attached hydrogens (tertiary/aromatic N) is 4. The maximum atomic E-state index is 12.3. The first-order valence-corrected chi connectivity index (χ1v) is 8.73. The van der Waals surface area contributed by atoms with Gasteiger partial charge in [-0.25, -0.2) is 14.6 Å². The third-order valence-electron chi connectivity index (χ3n) is 4.10. The van der Waals surface area contributed by atoms with Crippen molar-refractivity contribution in [2.24, 2.45) is 0 Å². The van der Waals surface area contributed by atoms with Crippen LogP contribution in [0.15, 0.2) is 35.4 Å². The van der Waals surface area contributed by atoms with E-state index < -0.39 is 0 Å². The number of hydrogen-bond acceptors (Lipinski definition) is 5. The number of amides is 1. The van der Waals surface area contributed by atoms with Crippen molar-refractivity contribution in [3.8, 4) is 0 Å². The van der Waals surface area contributed by atoms with Gasteiger partial charge in [0.15, 0.2) is 0 Å². The smallest absolute Gasteiger partial charge is 0.270 e. The van der Waals surface area contributed by atoms with Gasteiger partial charge in [0, 0.05) is 19.4 Å². The third-order valence-corrected chi connectivity index (χ3v) is 4.10. The topological polar surface area (TPSA) is 106 Å². The van der Waals surface area contributed by atoms with Crippen LogP contribution in [0, 0.1) is 0 Å². The van der Waals surface area contributed by atoms with Gasteiger partial charge in [-0.05, 0) is 25.5 Å². The fraction of sp³-hybridized carbons (Fsp3) is 0.389. The fourth-order valence-corrected chi connectivity index (χ4v) is 2.84. The molecule has 0 saturated carbocycles. The lowest BCUT2D eigenvalue weighted by molar-refractivity contribution is -0.121. The molecule has 0 aliphatic heterocycles. The minimum Gasteiger partial charge on any atom is -0.346 e. The van der Waals surface area contributed by atoms with Crippen LogP contribution in [0.1, 0.15) is 44.2 Å². The van der Waals surface area contributed by atoms with Crippen molar-refractivity contribution in [3.05, 3.63) is 52.5 Å². The number of hydrogen-bond donors (Lipinski definition) is 2. The Balaban J connectivity index is 1.63. The highest BCUT2D eigenvalue weighted by Crippen LogP contribution is 2.10. The molecular weight excluding hydrogens is 332 g/mol. The average Bonchev–Trinajstić information content (AvgIpc) is 3.08. The highest BCUT2D eigenvalue weighted by Gasteiger charge is 2.16. The van der Waals surface area contributed by atoms with Gasteiger partial charge in [0.2, 0.25) is 5.91 Å². The fourth-order valence-electron chi connectivity index (χ4n) is 2.84. The molecule has 0 spiro atoms. The Morgan fingerprint density at radius 3 is 2.96 bits per heavy atom. The molecule has 1 aromatic carbocycles. The number of aromatic amines is 1. The van der Waals surface area contributed by atoms with Gasteiger partial charge in [-0.2, -0.15) is 5.10 Å². The van der Waals surface area contributed by atoms with E-state index in [0.717, 1.165) is 18.8 Å². The van der Waals surface area contributed by atoms with Crippen LogP contribution in [0.2, 0.25) is 0 Å². The van der Waals surface area contributed by atoms with Crippen molar-refractivity contribution >= 4 is 16.9 Å². The van der Waals surface area contributed by atoms with Gasteiger partial charge in [-0.1, -0.05) is 19.1 Å². The van der Waals surface area contributed by atoms with E-state index >= 15 is 0 Å². The molecule has 0 bridgehead atoms. The van der Waals surface area contributed by atoms with Crippen LogP contribution in [0.4, 0.5) is 0 Å². The summed E-state index contributed by atoms with van der Waals surface area (Å²) in [5, 5.41) is 7.07. The lowest BCUT2D eigenvalue weighted by Crippen LogP contribution is -2.29. The zero-order chi connectivity index (χ0) is 18.5. The number of carbonyl (C=O) groups is 1. The molecule has 1 amide bonds. The molecule has 0 radical (unpaired) electrons. The highest BCUT2D eigenvalue weighted by atomic mass is 16.1. The zero-order valence-electron chi connectivity index (χ0n) is 14.9. The summed E-state index contributed by atoms with van der Waals surface area (Å²) in [5.41, 5.74) is 1.51. The predicted octanol–water partition coefficient (Wildman–Crippen LogP) is 1.73. The normalized spacial score (nSPS) is 12.2. The van der Waals surface area contributed by atoms with Crippen molar-refractivity contribution in [1.29, 1.82) is 0 Å². The van der Waals surface area contributed by atoms with Crippen LogP contribution >= 0.6 is 0 Å². The summed E-state index contributed by atoms with van der Waals surface area (Å²) in [4.78, 5) is 35.7. The Labute approximate surface area is 150 Å². The summed E-state index contributed by atoms with van der Waals surface area (Å²) < 4.78 is 1.79. The number of fused-ring (bicyclic) bond motifs is 1. The first kappa shape index (κ1) is 17.8. The van der Waals surface area contributed by atoms with E-state index in [2.05, 4.69) is 32.3 Å². The molecule has 0 saturated heterocycles. The van der Waals surface area contributed by atoms with Gasteiger partial charge in [-0.15, -0.1) is 0 Å². The summed E-state index contributed by atoms with van der Waals surface area (Å²) in [7, 11) is 0. The lowest BCUT2D eigenvalue weighted by Gasteiger charge is -2.14. The molecule has 0 unspecified atom stereocenters. The molecule has 0 aliphatic rings. The molecule has 2 N–H and O–H groups in total. The summed E-state index contributed by atoms with van der Waals surface area (Å²) in [5.74, 6) is 0.569. The van der Waals surface area contributed by atoms with Crippen LogP contribution in [0.25, 0.3) is 11.0 Å². The number of aromatic nitrogens is 5. The van der Waals surface area contributed by atoms with E-state index in [9.17, 15) is 9.59 Å². The summed E-state index contributed by atoms with van der Waals surface area (Å²) in [6.07, 6.45) is 2.89. The Morgan fingerprint density at radius 2 is 2.15 bits per heavy atom. The first-order valence-electron chi connectivity index (χ1n) is 8.73. The first-order chi connectivity index (χ1) is 12.6. The minimum absolute atomic E-state index is 0.155. The molecule has 3 rings (SSSR count). The number of H-pyrrole nitrogens is 1. The second kappa shape index (κ2) is 7.90. The Morgan fingerprint density at radius 1 is 1.35 bits per heavy atom. The van der Waals surface area contributed by atoms with E-state index in [1.54, 1.807) is 10.7 Å². The second-order valence-corrected chi connectivity index (χ2v) is 6.16. The van der Waals surface area contributed by atoms with Crippen molar-refractivity contribution in [2.45, 2.75) is 45.7 Å². The minimum atomic E-state index is -0.257. The zero-order valence-corrected chi connectivity index (χ0v) is 14.9. The lowest BCUT2D eigenvalue weighted by atomic mass is 10.2. The molecule has 3 aromatic rings. The number of para-hydroxylation sites is 2. The Hall–Kier alpha value is -3.03. The molecular formula is C18H22N6O2. The van der Waals surface area contributed by atoms with E-state index in [4.69, 9.17) is 0 Å². The highest BCUT2D eigenvalue weighted by molar-refractivity contribution is 5.77. The summed E-state index contributed by atoms with van der Waals surface area (Å²) in [6, 6.07) is 7.08. The number of carbonyl (C=O) groups excluding carboxylic acids is 1. The predicted molar refractivity (Wildman–Crippen MR) is 97.6 cm³/mol. The van der Waals surface area contributed by atoms with Crippen molar-refractivity contribution in [2.75, 3.05) is 0 Å². The van der Waals surface area contributed by atoms with Gasteiger partial charge < -0.3 is 10.3 Å². The van der Waals surface area contributed by atoms with E-state index in [1.807, 2.05) is 25.1 Å². The van der Waals surface area contributed by atoms with Gasteiger partial charge in [0.1, 0.15) is 17.8 Å². The molecule has 26 heavy (non-hydrogen) atoms. The summed E-state index contributed by atoms with van der Waals surface area (Å²) in [6.45, 7) is 4.68. The van der Waals surface area contributed by atoms with Gasteiger partial charge in [0.25, 0.3) is 5.56 Å². The van der Waals surface area contributed by atoms with E-state index in [0.29, 0.717) is 16.7 Å². The maximum Gasteiger partial charge on any atom is 0.270 e. The van der Waals surface area contributed by atoms with Crippen LogP contribution in [-0.2, 0) is 17.8 Å². The van der Waals surface area contributed by atoms with Crippen molar-refractivity contribution < 1.29 is 4.79 Å². The Bertz CT molecular complexity index is 961. The molecule has 0 aliphatic carbocycles. The standard InChI is InChI=1S/C18H22N6O2/c1-3-10-24-17(19-11-20-24)12(2)21-16(25)9-8-15-18(26)23-14-7-5-4-6-13(14)22-15/h4-7,11-12H,3,8-10H2,1-2H3,(H,21,25)(H,23,26)/t12-/m0/s1. The van der Waals surface area contributed by atoms with Gasteiger partial charge >= 0.3 is 0 Å². The summed E-state index contributed by atoms with van der Waals surface area (Å²) >= 11 is 0. The molecule has 136 valence electrons. The van der Waals surface area contributed by atoms with Gasteiger partial charge in [0.05, 0.1) is 17.1 Å². The van der Waals surface area contributed by atoms with Crippen LogP contribution in [-0.4, -0.2) is 30.6 Å². The molecule has 2 heterocycles. The second-order valence-electron chi connectivity index (χ2n) is 6.16.